The van der Waals surface area contributed by atoms with Crippen molar-refractivity contribution in [3.05, 3.63) is 76.5 Å². The highest BCUT2D eigenvalue weighted by molar-refractivity contribution is 7.09. The molecule has 2 aromatic carbocycles. The predicted octanol–water partition coefficient (Wildman–Crippen LogP) is 4.90. The van der Waals surface area contributed by atoms with Crippen molar-refractivity contribution in [3.8, 4) is 11.5 Å². The summed E-state index contributed by atoms with van der Waals surface area (Å²) < 4.78 is 16.4. The van der Waals surface area contributed by atoms with Crippen molar-refractivity contribution in [2.75, 3.05) is 19.1 Å². The normalized spacial score (nSPS) is 11.7. The van der Waals surface area contributed by atoms with Gasteiger partial charge in [0.2, 0.25) is 0 Å². The largest absolute Gasteiger partial charge is 0.497 e. The minimum absolute atomic E-state index is 0.0912. The van der Waals surface area contributed by atoms with Crippen LogP contribution in [0, 0.1) is 0 Å². The number of methoxy groups -OCH3 is 2. The number of hydrogen-bond acceptors (Lipinski definition) is 5. The van der Waals surface area contributed by atoms with Gasteiger partial charge in [-0.15, -0.1) is 11.3 Å². The summed E-state index contributed by atoms with van der Waals surface area (Å²) in [6, 6.07) is 19.1. The van der Waals surface area contributed by atoms with Crippen LogP contribution in [0.3, 0.4) is 0 Å². The van der Waals surface area contributed by atoms with Gasteiger partial charge in [-0.25, -0.2) is 0 Å². The summed E-state index contributed by atoms with van der Waals surface area (Å²) in [7, 11) is 3.25. The molecule has 0 N–H and O–H groups in total. The van der Waals surface area contributed by atoms with E-state index in [9.17, 15) is 4.79 Å². The molecular formula is C23H25NO4S. The molecule has 0 radical (unpaired) electrons. The van der Waals surface area contributed by atoms with Crippen LogP contribution < -0.4 is 14.4 Å². The second kappa shape index (κ2) is 10.1. The molecule has 0 fully saturated rings. The third-order valence-corrected chi connectivity index (χ3v) is 5.39. The average molecular weight is 412 g/mol. The Balaban J connectivity index is 1.73. The predicted molar refractivity (Wildman–Crippen MR) is 116 cm³/mol. The lowest BCUT2D eigenvalue weighted by molar-refractivity contribution is -0.129. The standard InChI is InChI=1S/C23H25NO4S/c1-17(28-16-18-6-4-7-21(14-18)27-3)23(25)24(15-22-8-5-13-29-22)19-9-11-20(26-2)12-10-19/h4-14,17H,15-16H2,1-3H3. The summed E-state index contributed by atoms with van der Waals surface area (Å²) in [6.45, 7) is 2.61. The van der Waals surface area contributed by atoms with Gasteiger partial charge in [0.1, 0.15) is 17.6 Å². The number of thiophene rings is 1. The fourth-order valence-electron chi connectivity index (χ4n) is 2.89. The van der Waals surface area contributed by atoms with Gasteiger partial charge in [0, 0.05) is 10.6 Å². The van der Waals surface area contributed by atoms with E-state index in [0.717, 1.165) is 27.6 Å². The molecule has 6 heteroatoms. The first-order valence-electron chi connectivity index (χ1n) is 9.33. The molecule has 29 heavy (non-hydrogen) atoms. The van der Waals surface area contributed by atoms with Gasteiger partial charge in [-0.3, -0.25) is 4.79 Å². The van der Waals surface area contributed by atoms with Crippen LogP contribution in [-0.2, 0) is 22.7 Å². The molecule has 1 atom stereocenters. The quantitative estimate of drug-likeness (QED) is 0.502. The van der Waals surface area contributed by atoms with Crippen LogP contribution in [-0.4, -0.2) is 26.2 Å². The Morgan fingerprint density at radius 2 is 1.76 bits per heavy atom. The summed E-state index contributed by atoms with van der Waals surface area (Å²) in [4.78, 5) is 16.1. The maximum Gasteiger partial charge on any atom is 0.256 e. The smallest absolute Gasteiger partial charge is 0.256 e. The van der Waals surface area contributed by atoms with Crippen LogP contribution in [0.5, 0.6) is 11.5 Å². The Morgan fingerprint density at radius 1 is 1.00 bits per heavy atom. The van der Waals surface area contributed by atoms with Crippen molar-refractivity contribution in [1.29, 1.82) is 0 Å². The summed E-state index contributed by atoms with van der Waals surface area (Å²) in [5.41, 5.74) is 1.76. The topological polar surface area (TPSA) is 48.0 Å². The lowest BCUT2D eigenvalue weighted by Gasteiger charge is -2.26. The lowest BCUT2D eigenvalue weighted by atomic mass is 10.2. The Bertz CT molecular complexity index is 909. The summed E-state index contributed by atoms with van der Waals surface area (Å²) >= 11 is 1.62. The molecule has 152 valence electrons. The van der Waals surface area contributed by atoms with Gasteiger partial charge < -0.3 is 19.1 Å². The van der Waals surface area contributed by atoms with Gasteiger partial charge in [-0.1, -0.05) is 18.2 Å². The number of anilines is 1. The van der Waals surface area contributed by atoms with Crippen molar-refractivity contribution in [2.45, 2.75) is 26.2 Å². The Kier molecular flexibility index (Phi) is 7.27. The van der Waals surface area contributed by atoms with E-state index < -0.39 is 6.10 Å². The highest BCUT2D eigenvalue weighted by Crippen LogP contribution is 2.24. The summed E-state index contributed by atoms with van der Waals surface area (Å²) in [5.74, 6) is 1.42. The van der Waals surface area contributed by atoms with Gasteiger partial charge >= 0.3 is 0 Å². The van der Waals surface area contributed by atoms with Crippen LogP contribution in [0.1, 0.15) is 17.4 Å². The number of nitrogens with zero attached hydrogens (tertiary/aromatic N) is 1. The van der Waals surface area contributed by atoms with Crippen molar-refractivity contribution >= 4 is 22.9 Å². The molecule has 0 saturated carbocycles. The average Bonchev–Trinajstić information content (AvgIpc) is 3.29. The zero-order valence-corrected chi connectivity index (χ0v) is 17.6. The monoisotopic (exact) mass is 411 g/mol. The Labute approximate surface area is 175 Å². The molecule has 0 saturated heterocycles. The molecular weight excluding hydrogens is 386 g/mol. The number of benzene rings is 2. The zero-order chi connectivity index (χ0) is 20.6. The van der Waals surface area contributed by atoms with Gasteiger partial charge in [-0.05, 0) is 60.3 Å². The minimum Gasteiger partial charge on any atom is -0.497 e. The van der Waals surface area contributed by atoms with Crippen molar-refractivity contribution in [1.82, 2.24) is 0 Å². The van der Waals surface area contributed by atoms with E-state index in [1.165, 1.54) is 0 Å². The lowest BCUT2D eigenvalue weighted by Crippen LogP contribution is -2.38. The van der Waals surface area contributed by atoms with Gasteiger partial charge in [-0.2, -0.15) is 0 Å². The van der Waals surface area contributed by atoms with Crippen LogP contribution >= 0.6 is 11.3 Å². The number of hydrogen-bond donors (Lipinski definition) is 0. The van der Waals surface area contributed by atoms with Crippen molar-refractivity contribution < 1.29 is 19.0 Å². The van der Waals surface area contributed by atoms with Crippen LogP contribution in [0.25, 0.3) is 0 Å². The van der Waals surface area contributed by atoms with Crippen LogP contribution in [0.4, 0.5) is 5.69 Å². The highest BCUT2D eigenvalue weighted by Gasteiger charge is 2.23. The maximum absolute atomic E-state index is 13.2. The maximum atomic E-state index is 13.2. The number of carbonyl (C=O) groups excluding carboxylic acids is 1. The Morgan fingerprint density at radius 3 is 2.41 bits per heavy atom. The number of rotatable bonds is 9. The van der Waals surface area contributed by atoms with E-state index in [0.29, 0.717) is 13.2 Å². The van der Waals surface area contributed by atoms with Gasteiger partial charge in [0.15, 0.2) is 0 Å². The molecule has 3 aromatic rings. The third kappa shape index (κ3) is 5.59. The fourth-order valence-corrected chi connectivity index (χ4v) is 3.58. The van der Waals surface area contributed by atoms with Gasteiger partial charge in [0.25, 0.3) is 5.91 Å². The first kappa shape index (κ1) is 20.9. The minimum atomic E-state index is -0.594. The molecule has 1 amide bonds. The highest BCUT2D eigenvalue weighted by atomic mass is 32.1. The number of ether oxygens (including phenoxy) is 3. The Hall–Kier alpha value is -2.83. The van der Waals surface area contributed by atoms with E-state index in [4.69, 9.17) is 14.2 Å². The van der Waals surface area contributed by atoms with Crippen molar-refractivity contribution in [3.63, 3.8) is 0 Å². The van der Waals surface area contributed by atoms with Crippen LogP contribution in [0.2, 0.25) is 0 Å². The molecule has 1 heterocycles. The molecule has 1 aromatic heterocycles. The second-order valence-corrected chi connectivity index (χ2v) is 7.54. The fraction of sp³-hybridized carbons (Fsp3) is 0.261. The molecule has 0 aliphatic heterocycles. The van der Waals surface area contributed by atoms with Crippen molar-refractivity contribution in [2.24, 2.45) is 0 Å². The number of amides is 1. The van der Waals surface area contributed by atoms with E-state index in [1.54, 1.807) is 37.4 Å². The SMILES string of the molecule is COc1ccc(N(Cc2cccs2)C(=O)C(C)OCc2cccc(OC)c2)cc1. The molecule has 5 nitrogen and oxygen atoms in total. The summed E-state index contributed by atoms with van der Waals surface area (Å²) in [6.07, 6.45) is -0.594. The first-order valence-corrected chi connectivity index (χ1v) is 10.2. The zero-order valence-electron chi connectivity index (χ0n) is 16.8. The molecule has 0 bridgehead atoms. The van der Waals surface area contributed by atoms with E-state index >= 15 is 0 Å². The summed E-state index contributed by atoms with van der Waals surface area (Å²) in [5, 5.41) is 2.01. The third-order valence-electron chi connectivity index (χ3n) is 4.53. The van der Waals surface area contributed by atoms with E-state index in [2.05, 4.69) is 0 Å². The first-order chi connectivity index (χ1) is 14.1. The molecule has 0 aliphatic rings. The van der Waals surface area contributed by atoms with E-state index in [-0.39, 0.29) is 5.91 Å². The molecule has 0 spiro atoms. The van der Waals surface area contributed by atoms with Crippen LogP contribution in [0.15, 0.2) is 66.0 Å². The second-order valence-electron chi connectivity index (χ2n) is 6.51. The van der Waals surface area contributed by atoms with E-state index in [1.807, 2.05) is 66.0 Å². The number of carbonyl (C=O) groups is 1. The molecule has 3 rings (SSSR count). The molecule has 0 aliphatic carbocycles. The van der Waals surface area contributed by atoms with Gasteiger partial charge in [0.05, 0.1) is 27.4 Å². The molecule has 1 unspecified atom stereocenters.